The monoisotopic (exact) mass is 245 g/mol. The van der Waals surface area contributed by atoms with Gasteiger partial charge in [-0.05, 0) is 26.3 Å². The number of nitrogens with one attached hydrogen (secondary N) is 1. The van der Waals surface area contributed by atoms with E-state index < -0.39 is 0 Å². The molecule has 0 fully saturated rings. The van der Waals surface area contributed by atoms with Crippen molar-refractivity contribution in [2.45, 2.75) is 33.4 Å². The van der Waals surface area contributed by atoms with Crippen molar-refractivity contribution in [1.82, 2.24) is 14.8 Å². The molecule has 2 aromatic rings. The molecule has 1 aromatic heterocycles. The van der Waals surface area contributed by atoms with Crippen molar-refractivity contribution in [3.63, 3.8) is 0 Å². The highest BCUT2D eigenvalue weighted by atomic mass is 15.4. The molecule has 1 aromatic carbocycles. The van der Waals surface area contributed by atoms with Gasteiger partial charge in [-0.15, -0.1) is 5.10 Å². The van der Waals surface area contributed by atoms with Gasteiger partial charge in [-0.25, -0.2) is 4.68 Å². The van der Waals surface area contributed by atoms with Gasteiger partial charge in [-0.3, -0.25) is 0 Å². The molecule has 0 spiro atoms. The highest BCUT2D eigenvalue weighted by molar-refractivity contribution is 5.33. The van der Waals surface area contributed by atoms with Crippen molar-refractivity contribution >= 4 is 11.9 Å². The van der Waals surface area contributed by atoms with Crippen molar-refractivity contribution in [2.24, 2.45) is 0 Å². The summed E-state index contributed by atoms with van der Waals surface area (Å²) in [4.78, 5) is 4.19. The molecule has 0 radical (unpaired) electrons. The molecular weight excluding hydrogens is 226 g/mol. The fourth-order valence-corrected chi connectivity index (χ4v) is 1.77. The molecule has 96 valence electrons. The standard InChI is InChI=1S/C13H19N5/c1-9(2)15-13-16-12(14)18(17-13)8-11-6-4-5-10(3)7-11/h4-7,9H,8H2,1-3H3,(H3,14,15,16,17). The van der Waals surface area contributed by atoms with Crippen molar-refractivity contribution in [3.05, 3.63) is 35.4 Å². The fraction of sp³-hybridized carbons (Fsp3) is 0.385. The van der Waals surface area contributed by atoms with Gasteiger partial charge in [0.1, 0.15) is 0 Å². The van der Waals surface area contributed by atoms with Gasteiger partial charge in [0.25, 0.3) is 0 Å². The van der Waals surface area contributed by atoms with E-state index in [1.165, 1.54) is 11.1 Å². The van der Waals surface area contributed by atoms with Crippen molar-refractivity contribution < 1.29 is 0 Å². The van der Waals surface area contributed by atoms with E-state index >= 15 is 0 Å². The zero-order valence-electron chi connectivity index (χ0n) is 11.0. The van der Waals surface area contributed by atoms with Crippen LogP contribution in [0.4, 0.5) is 11.9 Å². The number of aryl methyl sites for hydroxylation is 1. The van der Waals surface area contributed by atoms with Crippen LogP contribution in [0.25, 0.3) is 0 Å². The molecule has 5 heteroatoms. The van der Waals surface area contributed by atoms with Crippen molar-refractivity contribution in [2.75, 3.05) is 11.1 Å². The van der Waals surface area contributed by atoms with Gasteiger partial charge in [0.2, 0.25) is 11.9 Å². The second-order valence-electron chi connectivity index (χ2n) is 4.74. The molecule has 0 saturated carbocycles. The minimum atomic E-state index is 0.291. The number of hydrogen-bond acceptors (Lipinski definition) is 4. The van der Waals surface area contributed by atoms with E-state index in [2.05, 4.69) is 40.5 Å². The van der Waals surface area contributed by atoms with Gasteiger partial charge < -0.3 is 11.1 Å². The highest BCUT2D eigenvalue weighted by Gasteiger charge is 2.08. The van der Waals surface area contributed by atoms with Crippen LogP contribution < -0.4 is 11.1 Å². The van der Waals surface area contributed by atoms with Crippen LogP contribution in [0.2, 0.25) is 0 Å². The molecule has 0 saturated heterocycles. The quantitative estimate of drug-likeness (QED) is 0.865. The van der Waals surface area contributed by atoms with Gasteiger partial charge in [-0.2, -0.15) is 4.98 Å². The van der Waals surface area contributed by atoms with Crippen LogP contribution in [0.15, 0.2) is 24.3 Å². The number of aromatic nitrogens is 3. The van der Waals surface area contributed by atoms with Gasteiger partial charge in [0.05, 0.1) is 6.54 Å². The molecule has 0 atom stereocenters. The van der Waals surface area contributed by atoms with Crippen LogP contribution in [0.1, 0.15) is 25.0 Å². The lowest BCUT2D eigenvalue weighted by atomic mass is 10.1. The molecule has 0 bridgehead atoms. The molecule has 1 heterocycles. The maximum atomic E-state index is 5.85. The third-order valence-corrected chi connectivity index (χ3v) is 2.53. The Morgan fingerprint density at radius 2 is 2.17 bits per heavy atom. The molecule has 2 rings (SSSR count). The number of anilines is 2. The predicted molar refractivity (Wildman–Crippen MR) is 73.5 cm³/mol. The summed E-state index contributed by atoms with van der Waals surface area (Å²) in [6.07, 6.45) is 0. The molecule has 0 aliphatic carbocycles. The van der Waals surface area contributed by atoms with E-state index in [-0.39, 0.29) is 0 Å². The van der Waals surface area contributed by atoms with Crippen molar-refractivity contribution in [3.8, 4) is 0 Å². The highest BCUT2D eigenvalue weighted by Crippen LogP contribution is 2.11. The largest absolute Gasteiger partial charge is 0.368 e. The van der Waals surface area contributed by atoms with Gasteiger partial charge in [0, 0.05) is 6.04 Å². The van der Waals surface area contributed by atoms with Gasteiger partial charge >= 0.3 is 0 Å². The van der Waals surface area contributed by atoms with Crippen LogP contribution in [-0.4, -0.2) is 20.8 Å². The molecule has 0 amide bonds. The van der Waals surface area contributed by atoms with E-state index in [1.54, 1.807) is 4.68 Å². The zero-order chi connectivity index (χ0) is 13.1. The van der Waals surface area contributed by atoms with Crippen LogP contribution in [0.3, 0.4) is 0 Å². The first-order chi connectivity index (χ1) is 8.54. The van der Waals surface area contributed by atoms with E-state index in [1.807, 2.05) is 19.9 Å². The Kier molecular flexibility index (Phi) is 3.50. The lowest BCUT2D eigenvalue weighted by Gasteiger charge is -2.05. The summed E-state index contributed by atoms with van der Waals surface area (Å²) >= 11 is 0. The van der Waals surface area contributed by atoms with E-state index in [0.717, 1.165) is 0 Å². The minimum absolute atomic E-state index is 0.291. The molecule has 18 heavy (non-hydrogen) atoms. The van der Waals surface area contributed by atoms with Crippen LogP contribution in [0.5, 0.6) is 0 Å². The SMILES string of the molecule is Cc1cccc(Cn2nc(NC(C)C)nc2N)c1. The first kappa shape index (κ1) is 12.4. The first-order valence-electron chi connectivity index (χ1n) is 6.07. The number of nitrogens with two attached hydrogens (primary N) is 1. The third-order valence-electron chi connectivity index (χ3n) is 2.53. The summed E-state index contributed by atoms with van der Waals surface area (Å²) in [5.74, 6) is 1.01. The minimum Gasteiger partial charge on any atom is -0.368 e. The molecule has 3 N–H and O–H groups in total. The summed E-state index contributed by atoms with van der Waals surface area (Å²) in [5, 5.41) is 7.48. The lowest BCUT2D eigenvalue weighted by Crippen LogP contribution is -2.11. The second-order valence-corrected chi connectivity index (χ2v) is 4.74. The molecule has 0 unspecified atom stereocenters. The average Bonchev–Trinajstić information content (AvgIpc) is 2.58. The average molecular weight is 245 g/mol. The molecule has 0 aliphatic rings. The number of benzene rings is 1. The summed E-state index contributed by atoms with van der Waals surface area (Å²) < 4.78 is 1.71. The topological polar surface area (TPSA) is 68.8 Å². The number of nitrogen functional groups attached to an aromatic ring is 1. The Balaban J connectivity index is 2.16. The van der Waals surface area contributed by atoms with Crippen LogP contribution in [0, 0.1) is 6.92 Å². The smallest absolute Gasteiger partial charge is 0.244 e. The molecule has 5 nitrogen and oxygen atoms in total. The summed E-state index contributed by atoms with van der Waals surface area (Å²) in [7, 11) is 0. The molecular formula is C13H19N5. The summed E-state index contributed by atoms with van der Waals surface area (Å²) in [6, 6.07) is 8.57. The summed E-state index contributed by atoms with van der Waals surface area (Å²) in [5.41, 5.74) is 8.25. The van der Waals surface area contributed by atoms with Crippen molar-refractivity contribution in [1.29, 1.82) is 0 Å². The van der Waals surface area contributed by atoms with E-state index in [9.17, 15) is 0 Å². The number of hydrogen-bond donors (Lipinski definition) is 2. The normalized spacial score (nSPS) is 10.9. The fourth-order valence-electron chi connectivity index (χ4n) is 1.77. The van der Waals surface area contributed by atoms with E-state index in [0.29, 0.717) is 24.5 Å². The number of nitrogens with zero attached hydrogens (tertiary/aromatic N) is 3. The van der Waals surface area contributed by atoms with Gasteiger partial charge in [-0.1, -0.05) is 29.8 Å². The molecule has 0 aliphatic heterocycles. The first-order valence-corrected chi connectivity index (χ1v) is 6.07. The Hall–Kier alpha value is -2.04. The number of rotatable bonds is 4. The Morgan fingerprint density at radius 1 is 1.39 bits per heavy atom. The van der Waals surface area contributed by atoms with Crippen LogP contribution >= 0.6 is 0 Å². The third kappa shape index (κ3) is 3.00. The second kappa shape index (κ2) is 5.08. The zero-order valence-corrected chi connectivity index (χ0v) is 11.0. The van der Waals surface area contributed by atoms with Crippen LogP contribution in [-0.2, 0) is 6.54 Å². The van der Waals surface area contributed by atoms with E-state index in [4.69, 9.17) is 5.73 Å². The lowest BCUT2D eigenvalue weighted by molar-refractivity contribution is 0.694. The summed E-state index contributed by atoms with van der Waals surface area (Å²) in [6.45, 7) is 6.79. The maximum Gasteiger partial charge on any atom is 0.244 e. The Bertz CT molecular complexity index is 530. The Morgan fingerprint density at radius 3 is 2.83 bits per heavy atom. The predicted octanol–water partition coefficient (Wildman–Crippen LogP) is 2.04. The Labute approximate surface area is 107 Å². The maximum absolute atomic E-state index is 5.85. The van der Waals surface area contributed by atoms with Gasteiger partial charge in [0.15, 0.2) is 0 Å².